The molecule has 0 aliphatic heterocycles. The van der Waals surface area contributed by atoms with Gasteiger partial charge in [0.2, 0.25) is 5.91 Å². The number of halogens is 2. The third-order valence-electron chi connectivity index (χ3n) is 4.65. The second-order valence-electron chi connectivity index (χ2n) is 6.94. The fourth-order valence-corrected chi connectivity index (χ4v) is 4.67. The quantitative estimate of drug-likeness (QED) is 0.288. The number of para-hydroxylation sites is 1. The predicted octanol–water partition coefficient (Wildman–Crippen LogP) is 3.91. The smallest absolute Gasteiger partial charge is 0.262 e. The van der Waals surface area contributed by atoms with Gasteiger partial charge in [-0.3, -0.25) is 14.2 Å². The number of carbonyl (C=O) groups is 1. The molecule has 0 atom stereocenters. The molecule has 7 nitrogen and oxygen atoms in total. The number of fused-ring (bicyclic) bond motifs is 1. The van der Waals surface area contributed by atoms with E-state index in [2.05, 4.69) is 15.3 Å². The Morgan fingerprint density at radius 2 is 2.00 bits per heavy atom. The SMILES string of the molecule is O=C(CSc1nc2ccccc2c(=O)n1CCCO)Nc1nc(-c2cc(F)ccc2F)cs1. The Kier molecular flexibility index (Phi) is 7.11. The highest BCUT2D eigenvalue weighted by atomic mass is 32.2. The van der Waals surface area contributed by atoms with Crippen molar-refractivity contribution in [1.82, 2.24) is 14.5 Å². The van der Waals surface area contributed by atoms with Crippen molar-refractivity contribution in [2.24, 2.45) is 0 Å². The van der Waals surface area contributed by atoms with Crippen molar-refractivity contribution in [3.63, 3.8) is 0 Å². The molecule has 2 aromatic carbocycles. The molecule has 0 saturated carbocycles. The van der Waals surface area contributed by atoms with Crippen LogP contribution in [-0.2, 0) is 11.3 Å². The van der Waals surface area contributed by atoms with Crippen molar-refractivity contribution in [1.29, 1.82) is 0 Å². The van der Waals surface area contributed by atoms with Gasteiger partial charge in [0, 0.05) is 24.1 Å². The average molecular weight is 489 g/mol. The molecule has 0 fully saturated rings. The van der Waals surface area contributed by atoms with Crippen molar-refractivity contribution in [2.45, 2.75) is 18.1 Å². The van der Waals surface area contributed by atoms with Gasteiger partial charge >= 0.3 is 0 Å². The summed E-state index contributed by atoms with van der Waals surface area (Å²) in [7, 11) is 0. The molecule has 2 heterocycles. The molecule has 0 aliphatic rings. The molecule has 4 rings (SSSR count). The minimum Gasteiger partial charge on any atom is -0.396 e. The van der Waals surface area contributed by atoms with Crippen LogP contribution in [0, 0.1) is 11.6 Å². The number of hydrogen-bond donors (Lipinski definition) is 2. The molecule has 0 spiro atoms. The third kappa shape index (κ3) is 5.27. The summed E-state index contributed by atoms with van der Waals surface area (Å²) in [5.41, 5.74) is 0.509. The number of nitrogens with one attached hydrogen (secondary N) is 1. The average Bonchev–Trinajstić information content (AvgIpc) is 3.27. The van der Waals surface area contributed by atoms with Crippen molar-refractivity contribution < 1.29 is 18.7 Å². The minimum atomic E-state index is -0.613. The molecule has 170 valence electrons. The lowest BCUT2D eigenvalue weighted by atomic mass is 10.1. The Balaban J connectivity index is 1.49. The van der Waals surface area contributed by atoms with Gasteiger partial charge in [0.1, 0.15) is 11.6 Å². The lowest BCUT2D eigenvalue weighted by Crippen LogP contribution is -2.24. The number of rotatable bonds is 8. The van der Waals surface area contributed by atoms with Crippen LogP contribution in [0.2, 0.25) is 0 Å². The van der Waals surface area contributed by atoms with E-state index >= 15 is 0 Å². The van der Waals surface area contributed by atoms with Crippen molar-refractivity contribution in [2.75, 3.05) is 17.7 Å². The van der Waals surface area contributed by atoms with Gasteiger partial charge in [-0.05, 0) is 36.8 Å². The zero-order valence-electron chi connectivity index (χ0n) is 17.1. The number of hydrogen-bond acceptors (Lipinski definition) is 7. The number of amides is 1. The van der Waals surface area contributed by atoms with Crippen LogP contribution in [0.5, 0.6) is 0 Å². The summed E-state index contributed by atoms with van der Waals surface area (Å²) in [5, 5.41) is 14.4. The van der Waals surface area contributed by atoms with E-state index in [-0.39, 0.29) is 40.9 Å². The van der Waals surface area contributed by atoms with Crippen LogP contribution in [0.4, 0.5) is 13.9 Å². The molecule has 2 N–H and O–H groups in total. The van der Waals surface area contributed by atoms with Crippen LogP contribution in [0.1, 0.15) is 6.42 Å². The molecular weight excluding hydrogens is 470 g/mol. The Hall–Kier alpha value is -3.15. The van der Waals surface area contributed by atoms with Gasteiger partial charge < -0.3 is 10.4 Å². The second kappa shape index (κ2) is 10.2. The van der Waals surface area contributed by atoms with E-state index in [0.717, 1.165) is 41.3 Å². The number of thiazole rings is 1. The summed E-state index contributed by atoms with van der Waals surface area (Å²) >= 11 is 2.17. The number of anilines is 1. The molecular formula is C22H18F2N4O3S2. The van der Waals surface area contributed by atoms with E-state index in [1.54, 1.807) is 24.3 Å². The fourth-order valence-electron chi connectivity index (χ4n) is 3.12. The zero-order chi connectivity index (χ0) is 23.4. The van der Waals surface area contributed by atoms with E-state index in [0.29, 0.717) is 22.5 Å². The Morgan fingerprint density at radius 1 is 1.18 bits per heavy atom. The molecule has 0 unspecified atom stereocenters. The van der Waals surface area contributed by atoms with Crippen LogP contribution >= 0.6 is 23.1 Å². The van der Waals surface area contributed by atoms with Crippen LogP contribution in [-0.4, -0.2) is 37.9 Å². The molecule has 0 radical (unpaired) electrons. The predicted molar refractivity (Wildman–Crippen MR) is 125 cm³/mol. The van der Waals surface area contributed by atoms with Crippen LogP contribution in [0.15, 0.2) is 57.8 Å². The van der Waals surface area contributed by atoms with Gasteiger partial charge in [0.25, 0.3) is 5.56 Å². The van der Waals surface area contributed by atoms with Gasteiger partial charge in [0.15, 0.2) is 10.3 Å². The monoisotopic (exact) mass is 488 g/mol. The van der Waals surface area contributed by atoms with Crippen LogP contribution in [0.3, 0.4) is 0 Å². The fraction of sp³-hybridized carbons (Fsp3) is 0.182. The molecule has 0 bridgehead atoms. The Morgan fingerprint density at radius 3 is 2.82 bits per heavy atom. The van der Waals surface area contributed by atoms with Crippen molar-refractivity contribution in [3.05, 3.63) is 69.8 Å². The maximum atomic E-state index is 14.0. The number of aliphatic hydroxyl groups excluding tert-OH is 1. The highest BCUT2D eigenvalue weighted by Gasteiger charge is 2.15. The molecule has 4 aromatic rings. The molecule has 0 aliphatic carbocycles. The molecule has 0 saturated heterocycles. The highest BCUT2D eigenvalue weighted by molar-refractivity contribution is 7.99. The topological polar surface area (TPSA) is 97.1 Å². The maximum Gasteiger partial charge on any atom is 0.262 e. The first kappa shape index (κ1) is 23.0. The van der Waals surface area contributed by atoms with Gasteiger partial charge in [0.05, 0.1) is 22.3 Å². The summed E-state index contributed by atoms with van der Waals surface area (Å²) < 4.78 is 28.9. The zero-order valence-corrected chi connectivity index (χ0v) is 18.8. The van der Waals surface area contributed by atoms with Gasteiger partial charge in [-0.1, -0.05) is 23.9 Å². The normalized spacial score (nSPS) is 11.1. The molecule has 1 amide bonds. The minimum absolute atomic E-state index is 0.00869. The molecule has 33 heavy (non-hydrogen) atoms. The van der Waals surface area contributed by atoms with Gasteiger partial charge in [-0.15, -0.1) is 11.3 Å². The third-order valence-corrected chi connectivity index (χ3v) is 6.39. The van der Waals surface area contributed by atoms with Crippen LogP contribution < -0.4 is 10.9 Å². The van der Waals surface area contributed by atoms with Crippen molar-refractivity contribution in [3.8, 4) is 11.3 Å². The Bertz CT molecular complexity index is 1370. The summed E-state index contributed by atoms with van der Waals surface area (Å²) in [6.45, 7) is 0.189. The van der Waals surface area contributed by atoms with E-state index in [1.807, 2.05) is 0 Å². The lowest BCUT2D eigenvalue weighted by Gasteiger charge is -2.12. The summed E-state index contributed by atoms with van der Waals surface area (Å²) in [6, 6.07) is 10.0. The van der Waals surface area contributed by atoms with E-state index in [9.17, 15) is 18.4 Å². The standard InChI is InChI=1S/C22H18F2N4O3S2/c23-13-6-7-16(24)15(10-13)18-11-32-21(25-18)27-19(30)12-33-22-26-17-5-2-1-4-14(17)20(31)28(22)8-3-9-29/h1-2,4-7,10-11,29H,3,8-9,12H2,(H,25,27,30). The number of thioether (sulfide) groups is 1. The number of aromatic nitrogens is 3. The Labute approximate surface area is 195 Å². The van der Waals surface area contributed by atoms with Gasteiger partial charge in [-0.2, -0.15) is 0 Å². The number of carbonyl (C=O) groups excluding carboxylic acids is 1. The highest BCUT2D eigenvalue weighted by Crippen LogP contribution is 2.28. The number of aliphatic hydroxyl groups is 1. The summed E-state index contributed by atoms with van der Waals surface area (Å²) in [4.78, 5) is 34.0. The number of benzene rings is 2. The molecule has 11 heteroatoms. The number of nitrogens with zero attached hydrogens (tertiary/aromatic N) is 3. The maximum absolute atomic E-state index is 14.0. The second-order valence-corrected chi connectivity index (χ2v) is 8.74. The van der Waals surface area contributed by atoms with Gasteiger partial charge in [-0.25, -0.2) is 18.7 Å². The summed E-state index contributed by atoms with van der Waals surface area (Å²) in [5.74, 6) is -1.64. The molecule has 2 aromatic heterocycles. The first-order valence-corrected chi connectivity index (χ1v) is 11.8. The first-order chi connectivity index (χ1) is 16.0. The first-order valence-electron chi connectivity index (χ1n) is 9.90. The van der Waals surface area contributed by atoms with Crippen molar-refractivity contribution >= 4 is 45.0 Å². The lowest BCUT2D eigenvalue weighted by molar-refractivity contribution is -0.113. The largest absolute Gasteiger partial charge is 0.396 e. The summed E-state index contributed by atoms with van der Waals surface area (Å²) in [6.07, 6.45) is 0.373. The van der Waals surface area contributed by atoms with Crippen LogP contribution in [0.25, 0.3) is 22.2 Å². The van der Waals surface area contributed by atoms with E-state index < -0.39 is 17.5 Å². The van der Waals surface area contributed by atoms with E-state index in [4.69, 9.17) is 5.11 Å². The van der Waals surface area contributed by atoms with E-state index in [1.165, 1.54) is 9.95 Å².